The molecule has 0 spiro atoms. The van der Waals surface area contributed by atoms with Gasteiger partial charge in [-0.05, 0) is 59.6 Å². The highest BCUT2D eigenvalue weighted by Crippen LogP contribution is 2.31. The van der Waals surface area contributed by atoms with Crippen LogP contribution in [0.3, 0.4) is 0 Å². The first-order valence-electron chi connectivity index (χ1n) is 7.47. The summed E-state index contributed by atoms with van der Waals surface area (Å²) in [6, 6.07) is 4.31. The monoisotopic (exact) mass is 348 g/mol. The van der Waals surface area contributed by atoms with Gasteiger partial charge in [0, 0.05) is 21.2 Å². The number of hydrogen-bond acceptors (Lipinski definition) is 0. The minimum Gasteiger partial charge on any atom is -0.0838 e. The summed E-state index contributed by atoms with van der Waals surface area (Å²) >= 11 is 13.0. The fourth-order valence-corrected chi connectivity index (χ4v) is 8.46. The molecule has 0 radical (unpaired) electrons. The second-order valence-corrected chi connectivity index (χ2v) is 11.3. The molecule has 0 aromatic heterocycles. The molecule has 0 N–H and O–H groups in total. The topological polar surface area (TPSA) is 0 Å². The number of rotatable bonds is 4. The Morgan fingerprint density at radius 2 is 1.05 bits per heavy atom. The normalized spacial score (nSPS) is 20.9. The Labute approximate surface area is 138 Å². The summed E-state index contributed by atoms with van der Waals surface area (Å²) in [6.45, 7) is 0. The molecule has 0 saturated carbocycles. The molecule has 0 atom stereocenters. The Morgan fingerprint density at radius 3 is 1.40 bits per heavy atom. The van der Waals surface area contributed by atoms with Crippen LogP contribution in [-0.4, -0.2) is 23.0 Å². The maximum Gasteiger partial charge on any atom is 0.134 e. The molecule has 0 unspecified atom stereocenters. The highest BCUT2D eigenvalue weighted by molar-refractivity contribution is 7.96. The molecule has 0 aliphatic carbocycles. The van der Waals surface area contributed by atoms with Gasteiger partial charge in [-0.3, -0.25) is 0 Å². The second-order valence-electron chi connectivity index (χ2n) is 5.78. The van der Waals surface area contributed by atoms with Gasteiger partial charge in [0.1, 0.15) is 34.5 Å². The quantitative estimate of drug-likeness (QED) is 0.684. The Kier molecular flexibility index (Phi) is 5.52. The van der Waals surface area contributed by atoms with Crippen LogP contribution in [0.4, 0.5) is 0 Å². The van der Waals surface area contributed by atoms with Crippen molar-refractivity contribution in [1.82, 2.24) is 0 Å². The van der Waals surface area contributed by atoms with Crippen molar-refractivity contribution in [2.75, 3.05) is 23.0 Å². The van der Waals surface area contributed by atoms with Gasteiger partial charge in [0.15, 0.2) is 0 Å². The molecule has 3 rings (SSSR count). The van der Waals surface area contributed by atoms with Crippen LogP contribution in [0, 0.1) is 0 Å². The minimum absolute atomic E-state index is 0.551. The zero-order valence-electron chi connectivity index (χ0n) is 11.8. The van der Waals surface area contributed by atoms with Gasteiger partial charge in [0.25, 0.3) is 0 Å². The molecule has 0 nitrogen and oxygen atoms in total. The van der Waals surface area contributed by atoms with E-state index < -0.39 is 0 Å². The lowest BCUT2D eigenvalue weighted by Gasteiger charge is -2.09. The summed E-state index contributed by atoms with van der Waals surface area (Å²) in [5.74, 6) is 7.84. The molecule has 1 aromatic rings. The van der Waals surface area contributed by atoms with E-state index in [1.807, 2.05) is 0 Å². The molecular weight excluding hydrogens is 327 g/mol. The van der Waals surface area contributed by atoms with E-state index in [1.165, 1.54) is 59.8 Å². The van der Waals surface area contributed by atoms with Crippen molar-refractivity contribution in [3.63, 3.8) is 0 Å². The molecule has 2 aliphatic rings. The highest BCUT2D eigenvalue weighted by atomic mass is 35.5. The first-order valence-corrected chi connectivity index (χ1v) is 11.7. The molecule has 4 heteroatoms. The molecule has 20 heavy (non-hydrogen) atoms. The molecule has 110 valence electrons. The molecule has 2 heterocycles. The first-order chi connectivity index (χ1) is 9.72. The van der Waals surface area contributed by atoms with Crippen molar-refractivity contribution in [1.29, 1.82) is 0 Å². The van der Waals surface area contributed by atoms with E-state index in [0.29, 0.717) is 21.8 Å². The third-order valence-corrected chi connectivity index (χ3v) is 9.77. The zero-order chi connectivity index (χ0) is 13.9. The van der Waals surface area contributed by atoms with E-state index in [2.05, 4.69) is 12.1 Å². The summed E-state index contributed by atoms with van der Waals surface area (Å²) in [4.78, 5) is 0. The van der Waals surface area contributed by atoms with Gasteiger partial charge < -0.3 is 0 Å². The summed E-state index contributed by atoms with van der Waals surface area (Å²) in [5, 5.41) is 1.90. The summed E-state index contributed by atoms with van der Waals surface area (Å²) < 4.78 is 0. The van der Waals surface area contributed by atoms with Crippen LogP contribution in [0.2, 0.25) is 10.0 Å². The van der Waals surface area contributed by atoms with E-state index in [1.54, 1.807) is 0 Å². The van der Waals surface area contributed by atoms with Gasteiger partial charge in [-0.25, -0.2) is 0 Å². The second kappa shape index (κ2) is 7.17. The zero-order valence-corrected chi connectivity index (χ0v) is 14.9. The van der Waals surface area contributed by atoms with Gasteiger partial charge in [-0.15, -0.1) is 0 Å². The van der Waals surface area contributed by atoms with Crippen LogP contribution < -0.4 is 0 Å². The summed E-state index contributed by atoms with van der Waals surface area (Å²) in [5.41, 5.74) is 2.56. The Morgan fingerprint density at radius 1 is 0.700 bits per heavy atom. The number of benzene rings is 1. The van der Waals surface area contributed by atoms with Crippen LogP contribution >= 0.6 is 23.2 Å². The van der Waals surface area contributed by atoms with Crippen molar-refractivity contribution in [2.45, 2.75) is 37.2 Å². The van der Waals surface area contributed by atoms with Crippen molar-refractivity contribution in [2.24, 2.45) is 0 Å². The molecule has 1 aromatic carbocycles. The van der Waals surface area contributed by atoms with E-state index in [9.17, 15) is 0 Å². The lowest BCUT2D eigenvalue weighted by atomic mass is 10.2. The van der Waals surface area contributed by atoms with Gasteiger partial charge in [0.2, 0.25) is 0 Å². The third kappa shape index (κ3) is 3.82. The van der Waals surface area contributed by atoms with Crippen LogP contribution in [0.5, 0.6) is 0 Å². The largest absolute Gasteiger partial charge is 0.134 e. The van der Waals surface area contributed by atoms with E-state index in [-0.39, 0.29) is 0 Å². The SMILES string of the molecule is Clc1cc(C[S+]2CCCC2)c(Cl)cc1C[S+]1CCCC1. The van der Waals surface area contributed by atoms with Gasteiger partial charge in [-0.2, -0.15) is 0 Å². The van der Waals surface area contributed by atoms with Gasteiger partial charge >= 0.3 is 0 Å². The third-order valence-electron chi connectivity index (χ3n) is 4.17. The van der Waals surface area contributed by atoms with Gasteiger partial charge in [0.05, 0.1) is 0 Å². The van der Waals surface area contributed by atoms with Crippen LogP contribution in [0.15, 0.2) is 12.1 Å². The van der Waals surface area contributed by atoms with Crippen LogP contribution in [0.25, 0.3) is 0 Å². The molecule has 0 bridgehead atoms. The van der Waals surface area contributed by atoms with Crippen molar-refractivity contribution >= 4 is 45.0 Å². The first kappa shape index (κ1) is 15.4. The maximum absolute atomic E-state index is 6.51. The predicted octanol–water partition coefficient (Wildman–Crippen LogP) is 4.82. The molecule has 0 amide bonds. The van der Waals surface area contributed by atoms with Crippen LogP contribution in [-0.2, 0) is 33.3 Å². The molecular formula is C16H22Cl2S2+2. The fourth-order valence-electron chi connectivity index (χ4n) is 3.01. The van der Waals surface area contributed by atoms with E-state index in [0.717, 1.165) is 21.6 Å². The summed E-state index contributed by atoms with van der Waals surface area (Å²) in [7, 11) is 1.10. The predicted molar refractivity (Wildman–Crippen MR) is 96.5 cm³/mol. The number of halogens is 2. The average molecular weight is 349 g/mol. The van der Waals surface area contributed by atoms with Crippen molar-refractivity contribution in [3.8, 4) is 0 Å². The standard InChI is InChI=1S/C16H22Cl2S2/c17-15-10-14(12-20-7-3-4-8-20)16(18)9-13(15)11-19-5-1-2-6-19/h9-10H,1-8,11-12H2/q+2. The Hall–Kier alpha value is 0.500. The van der Waals surface area contributed by atoms with Gasteiger partial charge in [-0.1, -0.05) is 23.2 Å². The highest BCUT2D eigenvalue weighted by Gasteiger charge is 2.28. The minimum atomic E-state index is 0.551. The number of hydrogen-bond donors (Lipinski definition) is 0. The lowest BCUT2D eigenvalue weighted by Crippen LogP contribution is -2.09. The molecule has 2 fully saturated rings. The fraction of sp³-hybridized carbons (Fsp3) is 0.625. The lowest BCUT2D eigenvalue weighted by molar-refractivity contribution is 0.949. The van der Waals surface area contributed by atoms with E-state index >= 15 is 0 Å². The Bertz CT molecular complexity index is 420. The van der Waals surface area contributed by atoms with Crippen molar-refractivity contribution < 1.29 is 0 Å². The molecule has 2 saturated heterocycles. The van der Waals surface area contributed by atoms with Crippen LogP contribution in [0.1, 0.15) is 36.8 Å². The molecule has 2 aliphatic heterocycles. The summed E-state index contributed by atoms with van der Waals surface area (Å²) in [6.07, 6.45) is 5.59. The average Bonchev–Trinajstić information content (AvgIpc) is 3.08. The maximum atomic E-state index is 6.51. The van der Waals surface area contributed by atoms with E-state index in [4.69, 9.17) is 23.2 Å². The Balaban J connectivity index is 1.71. The van der Waals surface area contributed by atoms with Crippen molar-refractivity contribution in [3.05, 3.63) is 33.3 Å². The smallest absolute Gasteiger partial charge is 0.0838 e.